The van der Waals surface area contributed by atoms with Crippen molar-refractivity contribution in [2.24, 2.45) is 5.73 Å². The van der Waals surface area contributed by atoms with Gasteiger partial charge in [-0.25, -0.2) is 0 Å². The molecule has 0 bridgehead atoms. The normalized spacial score (nSPS) is 12.2. The molecular formula is C16H21N3. The van der Waals surface area contributed by atoms with Crippen LogP contribution in [0.4, 0.5) is 11.4 Å². The summed E-state index contributed by atoms with van der Waals surface area (Å²) in [6, 6.07) is 12.5. The molecule has 0 saturated heterocycles. The minimum atomic E-state index is -0.0249. The molecule has 19 heavy (non-hydrogen) atoms. The Morgan fingerprint density at radius 1 is 1.21 bits per heavy atom. The van der Waals surface area contributed by atoms with Crippen LogP contribution in [0.25, 0.3) is 0 Å². The van der Waals surface area contributed by atoms with E-state index in [1.807, 2.05) is 19.2 Å². The number of nitrogens with two attached hydrogens (primary N) is 1. The highest BCUT2D eigenvalue weighted by Gasteiger charge is 2.08. The van der Waals surface area contributed by atoms with Crippen molar-refractivity contribution in [2.45, 2.75) is 26.8 Å². The lowest BCUT2D eigenvalue weighted by Gasteiger charge is -2.23. The number of aryl methyl sites for hydroxylation is 1. The van der Waals surface area contributed by atoms with Gasteiger partial charge in [-0.15, -0.1) is 0 Å². The lowest BCUT2D eigenvalue weighted by atomic mass is 10.2. The molecule has 1 atom stereocenters. The van der Waals surface area contributed by atoms with E-state index in [1.54, 1.807) is 0 Å². The summed E-state index contributed by atoms with van der Waals surface area (Å²) in [6.07, 6.45) is 1.89. The van der Waals surface area contributed by atoms with Crippen molar-refractivity contribution >= 4 is 11.4 Å². The van der Waals surface area contributed by atoms with Gasteiger partial charge in [0.05, 0.1) is 17.6 Å². The van der Waals surface area contributed by atoms with Crippen molar-refractivity contribution in [1.82, 2.24) is 4.98 Å². The SMILES string of the molecule is CCN(c1ccc([C@H](C)N)nc1)c1cccc(C)c1. The summed E-state index contributed by atoms with van der Waals surface area (Å²) in [7, 11) is 0. The predicted octanol–water partition coefficient (Wildman–Crippen LogP) is 3.57. The minimum absolute atomic E-state index is 0.0249. The molecule has 0 aliphatic carbocycles. The molecule has 3 nitrogen and oxygen atoms in total. The van der Waals surface area contributed by atoms with E-state index < -0.39 is 0 Å². The van der Waals surface area contributed by atoms with Gasteiger partial charge >= 0.3 is 0 Å². The van der Waals surface area contributed by atoms with Crippen molar-refractivity contribution < 1.29 is 0 Å². The molecule has 3 heteroatoms. The molecule has 2 rings (SSSR count). The molecule has 100 valence electrons. The van der Waals surface area contributed by atoms with Gasteiger partial charge in [-0.2, -0.15) is 0 Å². The highest BCUT2D eigenvalue weighted by atomic mass is 15.1. The lowest BCUT2D eigenvalue weighted by Crippen LogP contribution is -2.17. The second-order valence-electron chi connectivity index (χ2n) is 4.81. The summed E-state index contributed by atoms with van der Waals surface area (Å²) >= 11 is 0. The van der Waals surface area contributed by atoms with E-state index >= 15 is 0 Å². The van der Waals surface area contributed by atoms with Gasteiger partial charge in [0.15, 0.2) is 0 Å². The smallest absolute Gasteiger partial charge is 0.0597 e. The molecule has 0 radical (unpaired) electrons. The summed E-state index contributed by atoms with van der Waals surface area (Å²) in [5, 5.41) is 0. The number of hydrogen-bond acceptors (Lipinski definition) is 3. The number of aromatic nitrogens is 1. The van der Waals surface area contributed by atoms with Gasteiger partial charge in [0, 0.05) is 18.3 Å². The highest BCUT2D eigenvalue weighted by molar-refractivity contribution is 5.63. The fourth-order valence-corrected chi connectivity index (χ4v) is 2.14. The standard InChI is InChI=1S/C16H21N3/c1-4-19(14-7-5-6-12(2)10-14)15-8-9-16(13(3)17)18-11-15/h5-11,13H,4,17H2,1-3H3/t13-/m0/s1. The Labute approximate surface area is 115 Å². The van der Waals surface area contributed by atoms with Crippen LogP contribution in [-0.2, 0) is 0 Å². The Bertz CT molecular complexity index is 532. The van der Waals surface area contributed by atoms with E-state index in [0.717, 1.165) is 17.9 Å². The Hall–Kier alpha value is -1.87. The van der Waals surface area contributed by atoms with Crippen LogP contribution in [-0.4, -0.2) is 11.5 Å². The number of pyridine rings is 1. The monoisotopic (exact) mass is 255 g/mol. The fourth-order valence-electron chi connectivity index (χ4n) is 2.14. The Morgan fingerprint density at radius 3 is 2.53 bits per heavy atom. The molecule has 1 aromatic heterocycles. The van der Waals surface area contributed by atoms with Gasteiger partial charge in [-0.1, -0.05) is 12.1 Å². The fraction of sp³-hybridized carbons (Fsp3) is 0.312. The van der Waals surface area contributed by atoms with E-state index in [2.05, 4.69) is 54.1 Å². The topological polar surface area (TPSA) is 42.1 Å². The summed E-state index contributed by atoms with van der Waals surface area (Å²) in [5.74, 6) is 0. The quantitative estimate of drug-likeness (QED) is 0.908. The molecule has 0 saturated carbocycles. The van der Waals surface area contributed by atoms with Crippen molar-refractivity contribution in [3.05, 3.63) is 53.9 Å². The first-order valence-corrected chi connectivity index (χ1v) is 6.67. The molecule has 0 aliphatic rings. The third kappa shape index (κ3) is 3.12. The zero-order valence-corrected chi connectivity index (χ0v) is 11.8. The van der Waals surface area contributed by atoms with E-state index in [4.69, 9.17) is 5.73 Å². The van der Waals surface area contributed by atoms with E-state index in [0.29, 0.717) is 0 Å². The maximum absolute atomic E-state index is 5.83. The number of rotatable bonds is 4. The summed E-state index contributed by atoms with van der Waals surface area (Å²) in [4.78, 5) is 6.67. The third-order valence-corrected chi connectivity index (χ3v) is 3.18. The van der Waals surface area contributed by atoms with E-state index in [1.165, 1.54) is 11.3 Å². The maximum Gasteiger partial charge on any atom is 0.0597 e. The van der Waals surface area contributed by atoms with Crippen LogP contribution in [0.5, 0.6) is 0 Å². The Balaban J connectivity index is 2.31. The van der Waals surface area contributed by atoms with Crippen molar-refractivity contribution in [3.63, 3.8) is 0 Å². The number of nitrogens with zero attached hydrogens (tertiary/aromatic N) is 2. The summed E-state index contributed by atoms with van der Waals surface area (Å²) in [6.45, 7) is 7.10. The van der Waals surface area contributed by atoms with Crippen LogP contribution in [0.3, 0.4) is 0 Å². The largest absolute Gasteiger partial charge is 0.341 e. The minimum Gasteiger partial charge on any atom is -0.341 e. The van der Waals surface area contributed by atoms with E-state index in [-0.39, 0.29) is 6.04 Å². The number of benzene rings is 1. The molecule has 2 aromatic rings. The maximum atomic E-state index is 5.83. The van der Waals surface area contributed by atoms with Crippen LogP contribution in [0, 0.1) is 6.92 Å². The van der Waals surface area contributed by atoms with Gasteiger partial charge in [-0.05, 0) is 50.6 Å². The molecule has 2 N–H and O–H groups in total. The molecule has 0 spiro atoms. The van der Waals surface area contributed by atoms with Gasteiger partial charge < -0.3 is 10.6 Å². The van der Waals surface area contributed by atoms with Gasteiger partial charge in [0.2, 0.25) is 0 Å². The Kier molecular flexibility index (Phi) is 4.17. The molecule has 0 unspecified atom stereocenters. The van der Waals surface area contributed by atoms with Crippen molar-refractivity contribution in [3.8, 4) is 0 Å². The first-order valence-electron chi connectivity index (χ1n) is 6.67. The van der Waals surface area contributed by atoms with Gasteiger partial charge in [-0.3, -0.25) is 4.98 Å². The van der Waals surface area contributed by atoms with Crippen LogP contribution in [0.1, 0.15) is 31.1 Å². The second-order valence-corrected chi connectivity index (χ2v) is 4.81. The molecule has 0 fully saturated rings. The lowest BCUT2D eigenvalue weighted by molar-refractivity contribution is 0.780. The second kappa shape index (κ2) is 5.85. The summed E-state index contributed by atoms with van der Waals surface area (Å²) < 4.78 is 0. The van der Waals surface area contributed by atoms with Crippen molar-refractivity contribution in [2.75, 3.05) is 11.4 Å². The van der Waals surface area contributed by atoms with Crippen LogP contribution in [0.2, 0.25) is 0 Å². The first-order chi connectivity index (χ1) is 9.11. The average Bonchev–Trinajstić information content (AvgIpc) is 2.40. The zero-order chi connectivity index (χ0) is 13.8. The van der Waals surface area contributed by atoms with Gasteiger partial charge in [0.25, 0.3) is 0 Å². The molecule has 1 aromatic carbocycles. The third-order valence-electron chi connectivity index (χ3n) is 3.18. The van der Waals surface area contributed by atoms with Crippen LogP contribution < -0.4 is 10.6 Å². The first kappa shape index (κ1) is 13.6. The highest BCUT2D eigenvalue weighted by Crippen LogP contribution is 2.25. The molecule has 0 aliphatic heterocycles. The number of anilines is 2. The Morgan fingerprint density at radius 2 is 2.00 bits per heavy atom. The molecule has 0 amide bonds. The molecule has 1 heterocycles. The van der Waals surface area contributed by atoms with Crippen LogP contribution >= 0.6 is 0 Å². The predicted molar refractivity (Wildman–Crippen MR) is 80.7 cm³/mol. The zero-order valence-electron chi connectivity index (χ0n) is 11.8. The van der Waals surface area contributed by atoms with Crippen molar-refractivity contribution in [1.29, 1.82) is 0 Å². The van der Waals surface area contributed by atoms with Crippen LogP contribution in [0.15, 0.2) is 42.6 Å². The number of hydrogen-bond donors (Lipinski definition) is 1. The van der Waals surface area contributed by atoms with E-state index in [9.17, 15) is 0 Å². The average molecular weight is 255 g/mol. The van der Waals surface area contributed by atoms with Gasteiger partial charge in [0.1, 0.15) is 0 Å². The molecular weight excluding hydrogens is 234 g/mol. The summed E-state index contributed by atoms with van der Waals surface area (Å²) in [5.41, 5.74) is 10.3.